The number of benzene rings is 1. The van der Waals surface area contributed by atoms with E-state index in [0.717, 1.165) is 12.8 Å². The molecule has 1 aromatic carbocycles. The lowest BCUT2D eigenvalue weighted by molar-refractivity contribution is -0.151. The highest BCUT2D eigenvalue weighted by molar-refractivity contribution is 6.30. The average Bonchev–Trinajstić information content (AvgIpc) is 2.31. The molecule has 0 aliphatic heterocycles. The fraction of sp³-hybridized carbons (Fsp3) is 0.462. The van der Waals surface area contributed by atoms with E-state index in [1.807, 2.05) is 0 Å². The Bertz CT molecular complexity index is 415. The largest absolute Gasteiger partial charge is 0.481 e. The Kier molecular flexibility index (Phi) is 3.40. The van der Waals surface area contributed by atoms with Gasteiger partial charge in [-0.15, -0.1) is 0 Å². The Morgan fingerprint density at radius 3 is 2.47 bits per heavy atom. The van der Waals surface area contributed by atoms with Gasteiger partial charge in [0.05, 0.1) is 6.10 Å². The van der Waals surface area contributed by atoms with Gasteiger partial charge >= 0.3 is 5.97 Å². The van der Waals surface area contributed by atoms with Gasteiger partial charge in [0.25, 0.3) is 0 Å². The van der Waals surface area contributed by atoms with Gasteiger partial charge in [-0.25, -0.2) is 0 Å². The van der Waals surface area contributed by atoms with E-state index in [1.54, 1.807) is 24.3 Å². The van der Waals surface area contributed by atoms with Gasteiger partial charge in [0.15, 0.2) is 0 Å². The molecule has 92 valence electrons. The molecule has 2 rings (SSSR count). The number of rotatable bonds is 2. The number of carbonyl (C=O) groups is 1. The number of halogens is 1. The molecule has 0 saturated heterocycles. The normalized spacial score (nSPS) is 28.9. The van der Waals surface area contributed by atoms with Crippen LogP contribution in [0.5, 0.6) is 0 Å². The molecule has 2 atom stereocenters. The summed E-state index contributed by atoms with van der Waals surface area (Å²) < 4.78 is 0. The number of carboxylic acid groups (broad SMARTS) is 1. The Hall–Kier alpha value is -1.06. The van der Waals surface area contributed by atoms with Crippen LogP contribution < -0.4 is 0 Å². The van der Waals surface area contributed by atoms with E-state index in [0.29, 0.717) is 23.4 Å². The predicted molar refractivity (Wildman–Crippen MR) is 65.2 cm³/mol. The lowest BCUT2D eigenvalue weighted by Gasteiger charge is -2.38. The monoisotopic (exact) mass is 254 g/mol. The molecule has 0 unspecified atom stereocenters. The first-order chi connectivity index (χ1) is 8.07. The van der Waals surface area contributed by atoms with Crippen molar-refractivity contribution in [1.29, 1.82) is 0 Å². The highest BCUT2D eigenvalue weighted by Crippen LogP contribution is 2.40. The molecule has 2 N–H and O–H groups in total. The van der Waals surface area contributed by atoms with Crippen LogP contribution in [0.3, 0.4) is 0 Å². The third-order valence-corrected chi connectivity index (χ3v) is 3.86. The molecule has 17 heavy (non-hydrogen) atoms. The van der Waals surface area contributed by atoms with Crippen molar-refractivity contribution in [1.82, 2.24) is 0 Å². The summed E-state index contributed by atoms with van der Waals surface area (Å²) in [6.45, 7) is 0. The predicted octanol–water partition coefficient (Wildman–Crippen LogP) is 2.60. The number of hydrogen-bond acceptors (Lipinski definition) is 2. The van der Waals surface area contributed by atoms with E-state index in [4.69, 9.17) is 11.6 Å². The third-order valence-electron chi connectivity index (χ3n) is 3.61. The molecule has 1 aliphatic rings. The summed E-state index contributed by atoms with van der Waals surface area (Å²) in [5.74, 6) is -0.952. The van der Waals surface area contributed by atoms with E-state index in [2.05, 4.69) is 0 Å². The second-order valence-electron chi connectivity index (χ2n) is 4.54. The van der Waals surface area contributed by atoms with Gasteiger partial charge in [-0.3, -0.25) is 4.79 Å². The first-order valence-electron chi connectivity index (χ1n) is 5.75. The van der Waals surface area contributed by atoms with Crippen molar-refractivity contribution >= 4 is 17.6 Å². The fourth-order valence-electron chi connectivity index (χ4n) is 2.61. The number of aliphatic hydroxyl groups excluding tert-OH is 1. The number of hydrogen-bond donors (Lipinski definition) is 2. The van der Waals surface area contributed by atoms with Crippen LogP contribution in [-0.4, -0.2) is 22.3 Å². The van der Waals surface area contributed by atoms with Gasteiger partial charge in [-0.1, -0.05) is 36.6 Å². The zero-order valence-corrected chi connectivity index (χ0v) is 10.2. The van der Waals surface area contributed by atoms with Gasteiger partial charge in [0.1, 0.15) is 5.41 Å². The maximum Gasteiger partial charge on any atom is 0.316 e. The van der Waals surface area contributed by atoms with E-state index < -0.39 is 17.5 Å². The Balaban J connectivity index is 2.46. The Morgan fingerprint density at radius 1 is 1.29 bits per heavy atom. The van der Waals surface area contributed by atoms with E-state index in [9.17, 15) is 15.0 Å². The van der Waals surface area contributed by atoms with Gasteiger partial charge in [0, 0.05) is 5.02 Å². The smallest absolute Gasteiger partial charge is 0.316 e. The van der Waals surface area contributed by atoms with Gasteiger partial charge in [-0.05, 0) is 30.5 Å². The lowest BCUT2D eigenvalue weighted by Crippen LogP contribution is -2.48. The van der Waals surface area contributed by atoms with E-state index >= 15 is 0 Å². The maximum atomic E-state index is 11.6. The minimum atomic E-state index is -1.16. The van der Waals surface area contributed by atoms with Crippen molar-refractivity contribution < 1.29 is 15.0 Å². The van der Waals surface area contributed by atoms with E-state index in [-0.39, 0.29) is 0 Å². The van der Waals surface area contributed by atoms with Gasteiger partial charge in [-0.2, -0.15) is 0 Å². The van der Waals surface area contributed by atoms with Crippen molar-refractivity contribution in [3.05, 3.63) is 34.9 Å². The molecule has 3 nitrogen and oxygen atoms in total. The summed E-state index contributed by atoms with van der Waals surface area (Å²) in [4.78, 5) is 11.6. The van der Waals surface area contributed by atoms with Crippen molar-refractivity contribution in [3.8, 4) is 0 Å². The van der Waals surface area contributed by atoms with E-state index in [1.165, 1.54) is 0 Å². The molecule has 1 fully saturated rings. The summed E-state index contributed by atoms with van der Waals surface area (Å²) in [6.07, 6.45) is 1.89. The standard InChI is InChI=1S/C13H15ClO3/c14-10-6-4-9(5-7-10)13(12(16)17)8-2-1-3-11(13)15/h4-7,11,15H,1-3,8H2,(H,16,17)/t11-,13+/m0/s1. The zero-order valence-electron chi connectivity index (χ0n) is 9.40. The molecule has 0 bridgehead atoms. The molecule has 1 aromatic rings. The molecular formula is C13H15ClO3. The highest BCUT2D eigenvalue weighted by Gasteiger charge is 2.48. The fourth-order valence-corrected chi connectivity index (χ4v) is 2.74. The molecular weight excluding hydrogens is 240 g/mol. The van der Waals surface area contributed by atoms with Gasteiger partial charge < -0.3 is 10.2 Å². The summed E-state index contributed by atoms with van der Waals surface area (Å²) in [6, 6.07) is 6.74. The highest BCUT2D eigenvalue weighted by atomic mass is 35.5. The zero-order chi connectivity index (χ0) is 12.5. The average molecular weight is 255 g/mol. The number of aliphatic hydroxyl groups is 1. The van der Waals surface area contributed by atoms with Crippen LogP contribution in [-0.2, 0) is 10.2 Å². The maximum absolute atomic E-state index is 11.6. The van der Waals surface area contributed by atoms with Crippen LogP contribution in [0.25, 0.3) is 0 Å². The molecule has 4 heteroatoms. The Morgan fingerprint density at radius 2 is 1.94 bits per heavy atom. The quantitative estimate of drug-likeness (QED) is 0.853. The number of aliphatic carboxylic acids is 1. The molecule has 0 amide bonds. The van der Waals surface area contributed by atoms with Crippen molar-refractivity contribution in [2.24, 2.45) is 0 Å². The van der Waals surface area contributed by atoms with Crippen LogP contribution in [0.15, 0.2) is 24.3 Å². The summed E-state index contributed by atoms with van der Waals surface area (Å²) >= 11 is 5.80. The summed E-state index contributed by atoms with van der Waals surface area (Å²) in [7, 11) is 0. The molecule has 0 radical (unpaired) electrons. The number of carboxylic acids is 1. The Labute approximate surface area is 105 Å². The van der Waals surface area contributed by atoms with Gasteiger partial charge in [0.2, 0.25) is 0 Å². The second kappa shape index (κ2) is 4.67. The summed E-state index contributed by atoms with van der Waals surface area (Å²) in [5, 5.41) is 20.2. The van der Waals surface area contributed by atoms with Crippen LogP contribution in [0.1, 0.15) is 31.2 Å². The van der Waals surface area contributed by atoms with Crippen molar-refractivity contribution in [3.63, 3.8) is 0 Å². The minimum absolute atomic E-state index is 0.477. The summed E-state index contributed by atoms with van der Waals surface area (Å²) in [5.41, 5.74) is -0.523. The molecule has 0 heterocycles. The van der Waals surface area contributed by atoms with Crippen LogP contribution in [0.2, 0.25) is 5.02 Å². The first-order valence-corrected chi connectivity index (χ1v) is 6.12. The SMILES string of the molecule is O=C(O)[C@@]1(c2ccc(Cl)cc2)CCCC[C@@H]1O. The van der Waals surface area contributed by atoms with Crippen LogP contribution in [0, 0.1) is 0 Å². The van der Waals surface area contributed by atoms with Crippen LogP contribution >= 0.6 is 11.6 Å². The lowest BCUT2D eigenvalue weighted by atomic mass is 9.67. The first kappa shape index (κ1) is 12.4. The van der Waals surface area contributed by atoms with Crippen LogP contribution in [0.4, 0.5) is 0 Å². The van der Waals surface area contributed by atoms with Crippen molar-refractivity contribution in [2.75, 3.05) is 0 Å². The molecule has 1 saturated carbocycles. The second-order valence-corrected chi connectivity index (χ2v) is 4.98. The molecule has 0 spiro atoms. The minimum Gasteiger partial charge on any atom is -0.481 e. The molecule has 0 aromatic heterocycles. The van der Waals surface area contributed by atoms with Crippen molar-refractivity contribution in [2.45, 2.75) is 37.2 Å². The molecule has 1 aliphatic carbocycles. The third kappa shape index (κ3) is 2.05. The topological polar surface area (TPSA) is 57.5 Å².